The van der Waals surface area contributed by atoms with Gasteiger partial charge in [-0.3, -0.25) is 0 Å². The molecule has 0 aromatic heterocycles. The van der Waals surface area contributed by atoms with Gasteiger partial charge in [-0.1, -0.05) is 83.1 Å². The summed E-state index contributed by atoms with van der Waals surface area (Å²) in [6.07, 6.45) is -5.25. The molecule has 1 aliphatic rings. The number of aliphatic hydroxyl groups excluding tert-OH is 4. The van der Waals surface area contributed by atoms with Crippen LogP contribution in [0, 0.1) is 0 Å². The second-order valence-corrected chi connectivity index (χ2v) is 19.4. The Balaban J connectivity index is 2.10. The first kappa shape index (κ1) is 43.1. The Bertz CT molecular complexity index is 1700. The molecular weight excluding hydrogens is 705 g/mol. The summed E-state index contributed by atoms with van der Waals surface area (Å²) in [6.45, 7) is 24.9. The van der Waals surface area contributed by atoms with Crippen LogP contribution in [0.3, 0.4) is 0 Å². The molecule has 4 aromatic rings. The molecule has 0 heterocycles. The van der Waals surface area contributed by atoms with Crippen LogP contribution in [-0.4, -0.2) is 48.9 Å². The normalized spacial score (nSPS) is 19.1. The van der Waals surface area contributed by atoms with E-state index in [9.17, 15) is 20.4 Å². The average molecular weight is 769 g/mol. The molecule has 56 heavy (non-hydrogen) atoms. The number of aliphatic hydroxyl groups is 4. The minimum absolute atomic E-state index is 0.294. The average Bonchev–Trinajstić information content (AvgIpc) is 3.12. The van der Waals surface area contributed by atoms with Gasteiger partial charge in [-0.15, -0.1) is 0 Å². The standard InChI is InChI=1S/C48H64O8/c1-45(2,3)25-17-29-37(49)31-19-26(46(4,5)6)21-33(42(31)54-14)39(51)35-23-28(48(10,11)12)24-36(44(35)56-16)40(52)34-22-27(47(7,8)9)20-32(43(34)55-15)38(50)30(18-25)41(29)53-13/h17-24,37-40,49-52H,1-16H3. The van der Waals surface area contributed by atoms with Crippen LogP contribution in [-0.2, 0) is 21.7 Å². The maximum Gasteiger partial charge on any atom is 0.131 e. The monoisotopic (exact) mass is 768 g/mol. The second-order valence-electron chi connectivity index (χ2n) is 19.4. The van der Waals surface area contributed by atoms with Gasteiger partial charge in [-0.2, -0.15) is 0 Å². The molecule has 0 fully saturated rings. The van der Waals surface area contributed by atoms with E-state index in [4.69, 9.17) is 18.9 Å². The molecule has 0 radical (unpaired) electrons. The van der Waals surface area contributed by atoms with Crippen LogP contribution in [0.1, 0.15) is 174 Å². The fourth-order valence-electron chi connectivity index (χ4n) is 7.67. The molecule has 0 unspecified atom stereocenters. The minimum Gasteiger partial charge on any atom is -0.496 e. The van der Waals surface area contributed by atoms with Gasteiger partial charge >= 0.3 is 0 Å². The summed E-state index contributed by atoms with van der Waals surface area (Å²) in [7, 11) is 6.10. The first-order chi connectivity index (χ1) is 25.8. The van der Waals surface area contributed by atoms with Gasteiger partial charge in [0.25, 0.3) is 0 Å². The van der Waals surface area contributed by atoms with Gasteiger partial charge in [0.1, 0.15) is 47.4 Å². The molecular formula is C48H64O8. The Hall–Kier alpha value is -4.08. The lowest BCUT2D eigenvalue weighted by Gasteiger charge is -2.32. The highest BCUT2D eigenvalue weighted by atomic mass is 16.5. The Kier molecular flexibility index (Phi) is 11.5. The Morgan fingerprint density at radius 3 is 0.518 bits per heavy atom. The van der Waals surface area contributed by atoms with Gasteiger partial charge in [0.05, 0.1) is 28.4 Å². The Labute approximate surface area is 334 Å². The van der Waals surface area contributed by atoms with Crippen molar-refractivity contribution in [3.05, 3.63) is 115 Å². The molecule has 0 saturated heterocycles. The SMILES string of the molecule is COc1c2cc(C(C)(C)C)cc1C(O)c1cc(C(C)(C)C)cc(c1OC)C(O)c1cc(C(C)(C)C)cc(c1OC)C(O)c1cc(C(C)(C)C)cc(c1OC)C2O. The summed E-state index contributed by atoms with van der Waals surface area (Å²) >= 11 is 0. The highest BCUT2D eigenvalue weighted by molar-refractivity contribution is 5.62. The molecule has 1 aliphatic carbocycles. The largest absolute Gasteiger partial charge is 0.496 e. The molecule has 0 atom stereocenters. The third kappa shape index (κ3) is 7.78. The van der Waals surface area contributed by atoms with Crippen LogP contribution < -0.4 is 18.9 Å². The fourth-order valence-corrected chi connectivity index (χ4v) is 7.67. The Morgan fingerprint density at radius 2 is 0.429 bits per heavy atom. The smallest absolute Gasteiger partial charge is 0.131 e. The lowest BCUT2D eigenvalue weighted by molar-refractivity contribution is 0.187. The van der Waals surface area contributed by atoms with Crippen molar-refractivity contribution < 1.29 is 39.4 Å². The molecule has 8 bridgehead atoms. The van der Waals surface area contributed by atoms with Crippen LogP contribution in [0.2, 0.25) is 0 Å². The van der Waals surface area contributed by atoms with Crippen molar-refractivity contribution in [2.75, 3.05) is 28.4 Å². The molecule has 8 nitrogen and oxygen atoms in total. The third-order valence-corrected chi connectivity index (χ3v) is 11.2. The van der Waals surface area contributed by atoms with Gasteiger partial charge in [0.2, 0.25) is 0 Å². The maximum atomic E-state index is 12.7. The van der Waals surface area contributed by atoms with Crippen LogP contribution in [0.5, 0.6) is 23.0 Å². The van der Waals surface area contributed by atoms with E-state index in [1.54, 1.807) is 0 Å². The number of hydrogen-bond acceptors (Lipinski definition) is 8. The predicted molar refractivity (Wildman–Crippen MR) is 223 cm³/mol. The zero-order chi connectivity index (χ0) is 42.0. The lowest BCUT2D eigenvalue weighted by Crippen LogP contribution is -2.20. The molecule has 0 aliphatic heterocycles. The van der Waals surface area contributed by atoms with Gasteiger partial charge in [0.15, 0.2) is 0 Å². The van der Waals surface area contributed by atoms with Gasteiger partial charge in [-0.25, -0.2) is 0 Å². The molecule has 0 spiro atoms. The molecule has 4 aromatic carbocycles. The molecule has 8 heteroatoms. The summed E-state index contributed by atoms with van der Waals surface area (Å²) in [6, 6.07) is 15.4. The number of fused-ring (bicyclic) bond motifs is 8. The van der Waals surface area contributed by atoms with E-state index in [2.05, 4.69) is 83.1 Å². The van der Waals surface area contributed by atoms with E-state index in [0.29, 0.717) is 67.5 Å². The summed E-state index contributed by atoms with van der Waals surface area (Å²) < 4.78 is 24.6. The van der Waals surface area contributed by atoms with E-state index >= 15 is 0 Å². The van der Waals surface area contributed by atoms with E-state index in [1.165, 1.54) is 28.4 Å². The van der Waals surface area contributed by atoms with E-state index in [-0.39, 0.29) is 0 Å². The first-order valence-corrected chi connectivity index (χ1v) is 19.4. The molecule has 0 amide bonds. The highest BCUT2D eigenvalue weighted by Crippen LogP contribution is 2.51. The predicted octanol–water partition coefficient (Wildman–Crippen LogP) is 9.55. The number of ether oxygens (including phenoxy) is 4. The summed E-state index contributed by atoms with van der Waals surface area (Å²) in [5, 5.41) is 50.9. The minimum atomic E-state index is -1.31. The summed E-state index contributed by atoms with van der Waals surface area (Å²) in [5.41, 5.74) is 5.19. The van der Waals surface area contributed by atoms with Crippen molar-refractivity contribution in [2.45, 2.75) is 129 Å². The van der Waals surface area contributed by atoms with E-state index < -0.39 is 46.1 Å². The van der Waals surface area contributed by atoms with Crippen molar-refractivity contribution in [2.24, 2.45) is 0 Å². The zero-order valence-electron chi connectivity index (χ0n) is 36.4. The second kappa shape index (κ2) is 15.0. The molecule has 304 valence electrons. The number of benzene rings is 4. The van der Waals surface area contributed by atoms with E-state index in [0.717, 1.165) is 22.3 Å². The lowest BCUT2D eigenvalue weighted by atomic mass is 9.77. The molecule has 4 N–H and O–H groups in total. The first-order valence-electron chi connectivity index (χ1n) is 19.4. The number of rotatable bonds is 4. The summed E-state index contributed by atoms with van der Waals surface area (Å²) in [4.78, 5) is 0. The van der Waals surface area contributed by atoms with Crippen LogP contribution in [0.25, 0.3) is 0 Å². The van der Waals surface area contributed by atoms with Crippen molar-refractivity contribution in [3.8, 4) is 23.0 Å². The van der Waals surface area contributed by atoms with Gasteiger partial charge in [0, 0.05) is 44.5 Å². The number of hydrogen-bond donors (Lipinski definition) is 4. The summed E-state index contributed by atoms with van der Waals surface area (Å²) in [5.74, 6) is 1.18. The number of methoxy groups -OCH3 is 4. The van der Waals surface area contributed by atoms with Crippen molar-refractivity contribution >= 4 is 0 Å². The fraction of sp³-hybridized carbons (Fsp3) is 0.500. The van der Waals surface area contributed by atoms with Crippen molar-refractivity contribution in [1.29, 1.82) is 0 Å². The van der Waals surface area contributed by atoms with Crippen LogP contribution in [0.15, 0.2) is 48.5 Å². The molecule has 5 rings (SSSR count). The Morgan fingerprint density at radius 1 is 0.304 bits per heavy atom. The van der Waals surface area contributed by atoms with Crippen LogP contribution >= 0.6 is 0 Å². The van der Waals surface area contributed by atoms with Crippen LogP contribution in [0.4, 0.5) is 0 Å². The molecule has 0 saturated carbocycles. The quantitative estimate of drug-likeness (QED) is 0.162. The zero-order valence-corrected chi connectivity index (χ0v) is 36.4. The topological polar surface area (TPSA) is 118 Å². The van der Waals surface area contributed by atoms with Crippen molar-refractivity contribution in [1.82, 2.24) is 0 Å². The van der Waals surface area contributed by atoms with Gasteiger partial charge < -0.3 is 39.4 Å². The maximum absolute atomic E-state index is 12.7. The third-order valence-electron chi connectivity index (χ3n) is 11.2. The van der Waals surface area contributed by atoms with Crippen molar-refractivity contribution in [3.63, 3.8) is 0 Å². The van der Waals surface area contributed by atoms with Gasteiger partial charge in [-0.05, 0) is 92.4 Å². The highest BCUT2D eigenvalue weighted by Gasteiger charge is 2.37. The van der Waals surface area contributed by atoms with E-state index in [1.807, 2.05) is 48.5 Å².